The molecule has 0 amide bonds. The predicted molar refractivity (Wildman–Crippen MR) is 50.5 cm³/mol. The highest BCUT2D eigenvalue weighted by atomic mass is 14.3. The van der Waals surface area contributed by atoms with Crippen molar-refractivity contribution in [3.05, 3.63) is 12.2 Å². The van der Waals surface area contributed by atoms with Gasteiger partial charge in [0.1, 0.15) is 0 Å². The summed E-state index contributed by atoms with van der Waals surface area (Å²) < 4.78 is 0. The Kier molecular flexibility index (Phi) is 3.34. The average molecular weight is 163 g/mol. The van der Waals surface area contributed by atoms with Gasteiger partial charge in [-0.2, -0.15) is 5.26 Å². The maximum atomic E-state index is 8.89. The lowest BCUT2D eigenvalue weighted by Gasteiger charge is -2.26. The molecular formula is C11H17N. The Morgan fingerprint density at radius 1 is 1.50 bits per heavy atom. The molecule has 1 aliphatic carbocycles. The van der Waals surface area contributed by atoms with Crippen molar-refractivity contribution in [2.45, 2.75) is 39.0 Å². The Balaban J connectivity index is 2.48. The number of allylic oxidation sites excluding steroid dienone is 1. The van der Waals surface area contributed by atoms with Crippen LogP contribution in [0, 0.1) is 23.2 Å². The van der Waals surface area contributed by atoms with Gasteiger partial charge in [-0.05, 0) is 32.1 Å². The molecule has 0 aliphatic heterocycles. The van der Waals surface area contributed by atoms with Crippen LogP contribution in [-0.2, 0) is 0 Å². The number of rotatable bonds is 2. The van der Waals surface area contributed by atoms with E-state index in [2.05, 4.69) is 19.6 Å². The Morgan fingerprint density at radius 2 is 2.17 bits per heavy atom. The molecule has 1 rings (SSSR count). The van der Waals surface area contributed by atoms with E-state index in [0.29, 0.717) is 11.8 Å². The summed E-state index contributed by atoms with van der Waals surface area (Å²) in [5, 5.41) is 8.89. The zero-order valence-electron chi connectivity index (χ0n) is 7.84. The van der Waals surface area contributed by atoms with Gasteiger partial charge in [-0.15, -0.1) is 6.58 Å². The van der Waals surface area contributed by atoms with Crippen molar-refractivity contribution in [2.24, 2.45) is 11.8 Å². The Hall–Kier alpha value is -0.770. The SMILES string of the molecule is C=C(C)CC1CCCCC1C#N. The standard InChI is InChI=1S/C11H17N/c1-9(2)7-10-5-3-4-6-11(10)8-12/h10-11H,1,3-7H2,2H3. The highest BCUT2D eigenvalue weighted by Crippen LogP contribution is 2.33. The smallest absolute Gasteiger partial charge is 0.0658 e. The van der Waals surface area contributed by atoms with Gasteiger partial charge in [-0.1, -0.05) is 18.4 Å². The van der Waals surface area contributed by atoms with Gasteiger partial charge in [0, 0.05) is 5.92 Å². The van der Waals surface area contributed by atoms with Gasteiger partial charge in [0.15, 0.2) is 0 Å². The fourth-order valence-corrected chi connectivity index (χ4v) is 2.07. The van der Waals surface area contributed by atoms with E-state index in [1.807, 2.05) is 0 Å². The van der Waals surface area contributed by atoms with Crippen LogP contribution in [0.2, 0.25) is 0 Å². The van der Waals surface area contributed by atoms with Crippen LogP contribution >= 0.6 is 0 Å². The van der Waals surface area contributed by atoms with E-state index >= 15 is 0 Å². The van der Waals surface area contributed by atoms with Crippen molar-refractivity contribution in [1.29, 1.82) is 5.26 Å². The first-order valence-electron chi connectivity index (χ1n) is 4.78. The summed E-state index contributed by atoms with van der Waals surface area (Å²) in [6.07, 6.45) is 5.93. The monoisotopic (exact) mass is 163 g/mol. The van der Waals surface area contributed by atoms with Crippen molar-refractivity contribution < 1.29 is 0 Å². The number of hydrogen-bond acceptors (Lipinski definition) is 1. The lowest BCUT2D eigenvalue weighted by molar-refractivity contribution is 0.288. The molecule has 0 radical (unpaired) electrons. The van der Waals surface area contributed by atoms with Gasteiger partial charge >= 0.3 is 0 Å². The first kappa shape index (κ1) is 9.32. The van der Waals surface area contributed by atoms with E-state index in [1.54, 1.807) is 0 Å². The first-order chi connectivity index (χ1) is 5.74. The Bertz CT molecular complexity index is 200. The molecule has 0 aromatic heterocycles. The first-order valence-corrected chi connectivity index (χ1v) is 4.78. The summed E-state index contributed by atoms with van der Waals surface area (Å²) in [6, 6.07) is 2.42. The maximum Gasteiger partial charge on any atom is 0.0658 e. The van der Waals surface area contributed by atoms with E-state index < -0.39 is 0 Å². The molecule has 2 unspecified atom stereocenters. The molecule has 0 spiro atoms. The van der Waals surface area contributed by atoms with E-state index in [9.17, 15) is 0 Å². The molecule has 2 atom stereocenters. The van der Waals surface area contributed by atoms with Gasteiger partial charge in [0.2, 0.25) is 0 Å². The summed E-state index contributed by atoms with van der Waals surface area (Å²) in [5.74, 6) is 0.900. The number of nitriles is 1. The lowest BCUT2D eigenvalue weighted by Crippen LogP contribution is -2.18. The van der Waals surface area contributed by atoms with Crippen LogP contribution in [0.4, 0.5) is 0 Å². The van der Waals surface area contributed by atoms with Crippen molar-refractivity contribution in [1.82, 2.24) is 0 Å². The van der Waals surface area contributed by atoms with E-state index in [0.717, 1.165) is 12.8 Å². The molecule has 1 fully saturated rings. The third kappa shape index (κ3) is 2.37. The maximum absolute atomic E-state index is 8.89. The van der Waals surface area contributed by atoms with Gasteiger partial charge in [0.25, 0.3) is 0 Å². The fraction of sp³-hybridized carbons (Fsp3) is 0.727. The normalized spacial score (nSPS) is 29.3. The summed E-state index contributed by atoms with van der Waals surface area (Å²) >= 11 is 0. The van der Waals surface area contributed by atoms with Crippen molar-refractivity contribution in [2.75, 3.05) is 0 Å². The Labute approximate surface area is 75.1 Å². The molecule has 0 aromatic carbocycles. The van der Waals surface area contributed by atoms with E-state index in [1.165, 1.54) is 24.8 Å². The summed E-state index contributed by atoms with van der Waals surface area (Å²) in [4.78, 5) is 0. The van der Waals surface area contributed by atoms with Gasteiger partial charge in [0.05, 0.1) is 6.07 Å². The molecule has 66 valence electrons. The zero-order valence-corrected chi connectivity index (χ0v) is 7.84. The molecule has 0 aromatic rings. The summed E-state index contributed by atoms with van der Waals surface area (Å²) in [6.45, 7) is 5.97. The minimum absolute atomic E-state index is 0.301. The van der Waals surface area contributed by atoms with Crippen LogP contribution in [0.15, 0.2) is 12.2 Å². The second kappa shape index (κ2) is 4.30. The topological polar surface area (TPSA) is 23.8 Å². The average Bonchev–Trinajstić information content (AvgIpc) is 2.04. The van der Waals surface area contributed by atoms with Crippen molar-refractivity contribution in [3.8, 4) is 6.07 Å². The van der Waals surface area contributed by atoms with Gasteiger partial charge in [-0.25, -0.2) is 0 Å². The second-order valence-corrected chi connectivity index (χ2v) is 3.94. The fourth-order valence-electron chi connectivity index (χ4n) is 2.07. The third-order valence-electron chi connectivity index (χ3n) is 2.69. The van der Waals surface area contributed by atoms with Crippen LogP contribution in [0.3, 0.4) is 0 Å². The second-order valence-electron chi connectivity index (χ2n) is 3.94. The minimum Gasteiger partial charge on any atom is -0.198 e. The zero-order chi connectivity index (χ0) is 8.97. The molecule has 0 N–H and O–H groups in total. The molecular weight excluding hydrogens is 146 g/mol. The highest BCUT2D eigenvalue weighted by Gasteiger charge is 2.24. The highest BCUT2D eigenvalue weighted by molar-refractivity contribution is 4.98. The molecule has 1 nitrogen and oxygen atoms in total. The third-order valence-corrected chi connectivity index (χ3v) is 2.69. The van der Waals surface area contributed by atoms with Crippen LogP contribution in [0.5, 0.6) is 0 Å². The number of nitrogens with zero attached hydrogens (tertiary/aromatic N) is 1. The lowest BCUT2D eigenvalue weighted by atomic mass is 9.77. The quantitative estimate of drug-likeness (QED) is 0.573. The largest absolute Gasteiger partial charge is 0.198 e. The van der Waals surface area contributed by atoms with Gasteiger partial charge in [-0.3, -0.25) is 0 Å². The molecule has 1 heteroatoms. The van der Waals surface area contributed by atoms with Crippen LogP contribution < -0.4 is 0 Å². The van der Waals surface area contributed by atoms with E-state index in [4.69, 9.17) is 5.26 Å². The van der Waals surface area contributed by atoms with Crippen LogP contribution in [-0.4, -0.2) is 0 Å². The number of hydrogen-bond donors (Lipinski definition) is 0. The van der Waals surface area contributed by atoms with E-state index in [-0.39, 0.29) is 0 Å². The van der Waals surface area contributed by atoms with Crippen LogP contribution in [0.25, 0.3) is 0 Å². The molecule has 0 bridgehead atoms. The van der Waals surface area contributed by atoms with Crippen LogP contribution in [0.1, 0.15) is 39.0 Å². The summed E-state index contributed by atoms with van der Waals surface area (Å²) in [7, 11) is 0. The molecule has 12 heavy (non-hydrogen) atoms. The molecule has 0 saturated heterocycles. The molecule has 1 saturated carbocycles. The van der Waals surface area contributed by atoms with Crippen molar-refractivity contribution >= 4 is 0 Å². The van der Waals surface area contributed by atoms with Gasteiger partial charge < -0.3 is 0 Å². The Morgan fingerprint density at radius 3 is 2.75 bits per heavy atom. The molecule has 0 heterocycles. The summed E-state index contributed by atoms with van der Waals surface area (Å²) in [5.41, 5.74) is 1.22. The predicted octanol–water partition coefficient (Wildman–Crippen LogP) is 3.28. The minimum atomic E-state index is 0.301. The van der Waals surface area contributed by atoms with Crippen molar-refractivity contribution in [3.63, 3.8) is 0 Å². The molecule has 1 aliphatic rings.